The largest absolute Gasteiger partial charge is 1.00 e. The molecule has 0 heterocycles. The van der Waals surface area contributed by atoms with Gasteiger partial charge in [0, 0.05) is 41.5 Å². The first-order valence-electron chi connectivity index (χ1n) is 13.7. The normalized spacial score (nSPS) is 10.6. The molecule has 0 aliphatic carbocycles. The fourth-order valence-corrected chi connectivity index (χ4v) is 9.92. The smallest absolute Gasteiger partial charge is 0.311 e. The molecule has 0 atom stereocenters. The molecule has 0 amide bonds. The molecule has 216 valence electrons. The van der Waals surface area contributed by atoms with Crippen LogP contribution in [0.15, 0.2) is 121 Å². The van der Waals surface area contributed by atoms with Gasteiger partial charge >= 0.3 is 17.1 Å². The van der Waals surface area contributed by atoms with Gasteiger partial charge < -0.3 is 9.69 Å². The van der Waals surface area contributed by atoms with E-state index in [1.54, 1.807) is 0 Å². The molecule has 0 bridgehead atoms. The number of hydrogen-bond donors (Lipinski definition) is 0. The molecule has 0 aliphatic rings. The fourth-order valence-electron chi connectivity index (χ4n) is 3.72. The number of nitrogens with zero attached hydrogens (tertiary/aromatic N) is 2. The van der Waals surface area contributed by atoms with Crippen LogP contribution in [0.2, 0.25) is 0 Å². The van der Waals surface area contributed by atoms with Crippen molar-refractivity contribution < 1.29 is 17.1 Å². The average Bonchev–Trinajstić information content (AvgIpc) is 2.97. The molecule has 0 saturated carbocycles. The summed E-state index contributed by atoms with van der Waals surface area (Å²) in [4.78, 5) is 6.54. The Morgan fingerprint density at radius 2 is 0.610 bits per heavy atom. The summed E-state index contributed by atoms with van der Waals surface area (Å²) in [7, 11) is -1.57. The van der Waals surface area contributed by atoms with Crippen LogP contribution in [0.4, 0.5) is 0 Å². The minimum absolute atomic E-state index is 0. The van der Waals surface area contributed by atoms with Crippen LogP contribution >= 0.6 is 15.8 Å². The van der Waals surface area contributed by atoms with Gasteiger partial charge in [-0.2, -0.15) is 0 Å². The predicted molar refractivity (Wildman–Crippen MR) is 183 cm³/mol. The summed E-state index contributed by atoms with van der Waals surface area (Å²) < 4.78 is 0. The summed E-state index contributed by atoms with van der Waals surface area (Å²) in [6.07, 6.45) is 2.52. The second kappa shape index (κ2) is 18.6. The molecule has 0 spiro atoms. The van der Waals surface area contributed by atoms with Crippen LogP contribution in [-0.2, 0) is 17.1 Å². The van der Waals surface area contributed by atoms with E-state index in [0.717, 1.165) is 0 Å². The predicted octanol–water partition coefficient (Wildman–Crippen LogP) is 8.12. The molecular formula is C36H44CuN2P2+3. The standard InChI is InChI=1S/C26H24P2.2C5H9N.Cu/c1-5-13-23(14-6-1)27(24-15-7-2-8-16-24)21-22-28(25-17-9-3-10-18-25)26-19-11-4-12-20-26;2*1-5(2,3)6-4;/h1-20H,21-22H2;2*1-3H3;/q;;;+1/p+2. The first kappa shape index (κ1) is 36.3. The zero-order valence-corrected chi connectivity index (χ0v) is 28.1. The third kappa shape index (κ3) is 14.6. The Morgan fingerprint density at radius 1 is 0.439 bits per heavy atom. The van der Waals surface area contributed by atoms with E-state index in [2.05, 4.69) is 131 Å². The van der Waals surface area contributed by atoms with E-state index in [1.807, 2.05) is 41.5 Å². The van der Waals surface area contributed by atoms with Crippen LogP contribution in [0.5, 0.6) is 0 Å². The molecule has 2 nitrogen and oxygen atoms in total. The van der Waals surface area contributed by atoms with Crippen LogP contribution in [-0.4, -0.2) is 23.4 Å². The molecule has 4 aromatic carbocycles. The van der Waals surface area contributed by atoms with Gasteiger partial charge in [0.05, 0.1) is 37.1 Å². The molecule has 0 aromatic heterocycles. The summed E-state index contributed by atoms with van der Waals surface area (Å²) >= 11 is 0. The Labute approximate surface area is 262 Å². The third-order valence-corrected chi connectivity index (χ3v) is 11.9. The molecule has 4 aromatic rings. The van der Waals surface area contributed by atoms with Gasteiger partial charge in [-0.25, -0.2) is 13.1 Å². The van der Waals surface area contributed by atoms with E-state index in [-0.39, 0.29) is 28.1 Å². The van der Waals surface area contributed by atoms with Crippen LogP contribution in [0.25, 0.3) is 9.69 Å². The van der Waals surface area contributed by atoms with Gasteiger partial charge in [0.15, 0.2) is 0 Å². The van der Waals surface area contributed by atoms with Crippen LogP contribution in [0, 0.1) is 13.1 Å². The Kier molecular flexibility index (Phi) is 16.5. The minimum Gasteiger partial charge on any atom is -0.311 e. The Bertz CT molecular complexity index is 1130. The van der Waals surface area contributed by atoms with E-state index in [9.17, 15) is 0 Å². The topological polar surface area (TPSA) is 8.72 Å². The molecule has 0 fully saturated rings. The number of rotatable bonds is 7. The number of benzene rings is 4. The quantitative estimate of drug-likeness (QED) is 0.111. The Morgan fingerprint density at radius 3 is 0.756 bits per heavy atom. The molecule has 0 saturated heterocycles. The summed E-state index contributed by atoms with van der Waals surface area (Å²) in [5.74, 6) is 0. The number of hydrogen-bond acceptors (Lipinski definition) is 0. The second-order valence-corrected chi connectivity index (χ2v) is 16.7. The molecule has 5 heteroatoms. The van der Waals surface area contributed by atoms with Gasteiger partial charge in [-0.1, -0.05) is 72.8 Å². The van der Waals surface area contributed by atoms with Gasteiger partial charge in [-0.05, 0) is 48.5 Å². The maximum Gasteiger partial charge on any atom is 1.00 e. The molecular weight excluding hydrogens is 586 g/mol. The maximum absolute atomic E-state index is 6.48. The van der Waals surface area contributed by atoms with Crippen molar-refractivity contribution in [3.63, 3.8) is 0 Å². The van der Waals surface area contributed by atoms with Crippen molar-refractivity contribution in [3.05, 3.63) is 144 Å². The van der Waals surface area contributed by atoms with Crippen molar-refractivity contribution in [2.24, 2.45) is 0 Å². The van der Waals surface area contributed by atoms with Crippen LogP contribution < -0.4 is 21.2 Å². The van der Waals surface area contributed by atoms with E-state index >= 15 is 0 Å². The van der Waals surface area contributed by atoms with Crippen molar-refractivity contribution in [2.45, 2.75) is 52.6 Å². The summed E-state index contributed by atoms with van der Waals surface area (Å²) in [5, 5.41) is 6.06. The zero-order valence-electron chi connectivity index (χ0n) is 25.2. The summed E-state index contributed by atoms with van der Waals surface area (Å²) in [5.41, 5.74) is -0.333. The molecule has 41 heavy (non-hydrogen) atoms. The van der Waals surface area contributed by atoms with Gasteiger partial charge in [0.25, 0.3) is 0 Å². The van der Waals surface area contributed by atoms with E-state index in [4.69, 9.17) is 13.1 Å². The SMILES string of the molecule is [C-]#[N+]C(C)(C)C.[C-]#[N+]C(C)(C)C.[Cu+].c1ccc([PH+](CC[PH+](c2ccccc2)c2ccccc2)c2ccccc2)cc1. The van der Waals surface area contributed by atoms with Gasteiger partial charge in [0.1, 0.15) is 12.3 Å². The molecule has 4 rings (SSSR count). The maximum atomic E-state index is 6.48. The summed E-state index contributed by atoms with van der Waals surface area (Å²) in [6.45, 7) is 24.3. The van der Waals surface area contributed by atoms with Crippen molar-refractivity contribution in [1.29, 1.82) is 0 Å². The third-order valence-electron chi connectivity index (χ3n) is 5.78. The Balaban J connectivity index is 0.000000547. The average molecular weight is 630 g/mol. The summed E-state index contributed by atoms with van der Waals surface area (Å²) in [6, 6.07) is 44.5. The van der Waals surface area contributed by atoms with Crippen molar-refractivity contribution in [2.75, 3.05) is 12.3 Å². The first-order valence-corrected chi connectivity index (χ1v) is 17.2. The van der Waals surface area contributed by atoms with E-state index < -0.39 is 15.8 Å². The first-order chi connectivity index (χ1) is 19.0. The Hall–Kier alpha value is -2.76. The van der Waals surface area contributed by atoms with Gasteiger partial charge in [-0.3, -0.25) is 0 Å². The van der Waals surface area contributed by atoms with E-state index in [0.29, 0.717) is 0 Å². The van der Waals surface area contributed by atoms with Crippen molar-refractivity contribution >= 4 is 37.1 Å². The second-order valence-electron chi connectivity index (χ2n) is 11.5. The monoisotopic (exact) mass is 629 g/mol. The van der Waals surface area contributed by atoms with E-state index in [1.165, 1.54) is 33.5 Å². The van der Waals surface area contributed by atoms with Gasteiger partial charge in [0.2, 0.25) is 11.1 Å². The van der Waals surface area contributed by atoms with Gasteiger partial charge in [-0.15, -0.1) is 0 Å². The van der Waals surface area contributed by atoms with Crippen LogP contribution in [0.3, 0.4) is 0 Å². The molecule has 0 N–H and O–H groups in total. The van der Waals surface area contributed by atoms with Crippen LogP contribution in [0.1, 0.15) is 41.5 Å². The zero-order chi connectivity index (χ0) is 29.4. The molecule has 0 unspecified atom stereocenters. The fraction of sp³-hybridized carbons (Fsp3) is 0.278. The molecule has 0 aliphatic heterocycles. The van der Waals surface area contributed by atoms with Crippen molar-refractivity contribution in [1.82, 2.24) is 0 Å². The minimum atomic E-state index is -0.783. The molecule has 0 radical (unpaired) electrons. The van der Waals surface area contributed by atoms with Crippen molar-refractivity contribution in [3.8, 4) is 0 Å².